The lowest BCUT2D eigenvalue weighted by Gasteiger charge is -2.18. The topological polar surface area (TPSA) is 75.7 Å². The highest BCUT2D eigenvalue weighted by Crippen LogP contribution is 2.19. The van der Waals surface area contributed by atoms with Gasteiger partial charge >= 0.3 is 0 Å². The van der Waals surface area contributed by atoms with E-state index >= 15 is 0 Å². The Kier molecular flexibility index (Phi) is 6.55. The van der Waals surface area contributed by atoms with Gasteiger partial charge < -0.3 is 9.64 Å². The minimum Gasteiger partial charge on any atom is -0.494 e. The number of rotatable bonds is 7. The molecule has 0 heterocycles. The SMILES string of the molecule is C#CCNS(=O)(=O)c1ccc(C(=O)N(C)Cc2ccc(OC)c(F)c2)cc1. The Morgan fingerprint density at radius 2 is 1.93 bits per heavy atom. The summed E-state index contributed by atoms with van der Waals surface area (Å²) in [5.74, 6) is 1.48. The van der Waals surface area contributed by atoms with Crippen LogP contribution in [0.25, 0.3) is 0 Å². The highest BCUT2D eigenvalue weighted by Gasteiger charge is 2.16. The molecule has 0 bridgehead atoms. The van der Waals surface area contributed by atoms with Crippen molar-refractivity contribution in [3.8, 4) is 18.1 Å². The van der Waals surface area contributed by atoms with Crippen LogP contribution in [0, 0.1) is 18.2 Å². The number of carbonyl (C=O) groups excluding carboxylic acids is 1. The van der Waals surface area contributed by atoms with Crippen molar-refractivity contribution in [2.75, 3.05) is 20.7 Å². The van der Waals surface area contributed by atoms with Crippen molar-refractivity contribution in [1.82, 2.24) is 9.62 Å². The number of hydrogen-bond donors (Lipinski definition) is 1. The smallest absolute Gasteiger partial charge is 0.253 e. The van der Waals surface area contributed by atoms with Crippen LogP contribution in [-0.4, -0.2) is 39.9 Å². The quantitative estimate of drug-likeness (QED) is 0.734. The Bertz CT molecular complexity index is 966. The summed E-state index contributed by atoms with van der Waals surface area (Å²) in [4.78, 5) is 13.9. The zero-order valence-corrected chi connectivity index (χ0v) is 15.7. The molecule has 1 amide bonds. The number of halogens is 1. The van der Waals surface area contributed by atoms with E-state index in [0.29, 0.717) is 11.1 Å². The monoisotopic (exact) mass is 390 g/mol. The average molecular weight is 390 g/mol. The fraction of sp³-hybridized carbons (Fsp3) is 0.211. The van der Waals surface area contributed by atoms with Gasteiger partial charge in [0.2, 0.25) is 10.0 Å². The van der Waals surface area contributed by atoms with Crippen molar-refractivity contribution in [2.24, 2.45) is 0 Å². The maximum atomic E-state index is 13.8. The third-order valence-corrected chi connectivity index (χ3v) is 5.18. The fourth-order valence-corrected chi connectivity index (χ4v) is 3.31. The lowest BCUT2D eigenvalue weighted by molar-refractivity contribution is 0.0785. The van der Waals surface area contributed by atoms with Gasteiger partial charge in [0, 0.05) is 19.2 Å². The Hall–Kier alpha value is -2.89. The molecule has 8 heteroatoms. The second kappa shape index (κ2) is 8.66. The van der Waals surface area contributed by atoms with E-state index in [-0.39, 0.29) is 29.6 Å². The maximum absolute atomic E-state index is 13.8. The van der Waals surface area contributed by atoms with Crippen molar-refractivity contribution in [3.05, 3.63) is 59.4 Å². The summed E-state index contributed by atoms with van der Waals surface area (Å²) < 4.78 is 44.8. The fourth-order valence-electron chi connectivity index (χ4n) is 2.37. The summed E-state index contributed by atoms with van der Waals surface area (Å²) in [6.07, 6.45) is 5.04. The maximum Gasteiger partial charge on any atom is 0.253 e. The van der Waals surface area contributed by atoms with Crippen LogP contribution in [0.3, 0.4) is 0 Å². The van der Waals surface area contributed by atoms with Crippen LogP contribution < -0.4 is 9.46 Å². The summed E-state index contributed by atoms with van der Waals surface area (Å²) >= 11 is 0. The van der Waals surface area contributed by atoms with E-state index < -0.39 is 15.8 Å². The van der Waals surface area contributed by atoms with Crippen molar-refractivity contribution in [1.29, 1.82) is 0 Å². The number of hydrogen-bond acceptors (Lipinski definition) is 4. The molecule has 0 aliphatic heterocycles. The summed E-state index contributed by atoms with van der Waals surface area (Å²) in [7, 11) is -0.768. The highest BCUT2D eigenvalue weighted by molar-refractivity contribution is 7.89. The number of amides is 1. The molecular formula is C19H19FN2O4S. The molecule has 142 valence electrons. The zero-order chi connectivity index (χ0) is 20.0. The lowest BCUT2D eigenvalue weighted by atomic mass is 10.1. The molecule has 0 atom stereocenters. The second-order valence-corrected chi connectivity index (χ2v) is 7.45. The summed E-state index contributed by atoms with van der Waals surface area (Å²) in [5.41, 5.74) is 0.907. The third-order valence-electron chi connectivity index (χ3n) is 3.76. The van der Waals surface area contributed by atoms with Gasteiger partial charge in [0.15, 0.2) is 11.6 Å². The first-order valence-corrected chi connectivity index (χ1v) is 9.38. The number of carbonyl (C=O) groups is 1. The molecule has 0 fully saturated rings. The van der Waals surface area contributed by atoms with Crippen LogP contribution >= 0.6 is 0 Å². The molecule has 1 N–H and O–H groups in total. The van der Waals surface area contributed by atoms with E-state index in [0.717, 1.165) is 0 Å². The summed E-state index contributed by atoms with van der Waals surface area (Å²) in [6, 6.07) is 9.94. The van der Waals surface area contributed by atoms with Gasteiger partial charge in [-0.3, -0.25) is 4.79 Å². The van der Waals surface area contributed by atoms with Crippen molar-refractivity contribution in [2.45, 2.75) is 11.4 Å². The second-order valence-electron chi connectivity index (χ2n) is 5.68. The Labute approximate surface area is 158 Å². The van der Waals surface area contributed by atoms with Gasteiger partial charge in [-0.25, -0.2) is 12.8 Å². The first-order chi connectivity index (χ1) is 12.8. The Morgan fingerprint density at radius 3 is 2.48 bits per heavy atom. The molecule has 0 unspecified atom stereocenters. The highest BCUT2D eigenvalue weighted by atomic mass is 32.2. The van der Waals surface area contributed by atoms with Crippen LogP contribution in [0.5, 0.6) is 5.75 Å². The van der Waals surface area contributed by atoms with E-state index in [1.807, 2.05) is 0 Å². The van der Waals surface area contributed by atoms with Crippen molar-refractivity contribution in [3.63, 3.8) is 0 Å². The van der Waals surface area contributed by atoms with Gasteiger partial charge in [-0.05, 0) is 42.0 Å². The minimum atomic E-state index is -3.72. The Balaban J connectivity index is 2.11. The minimum absolute atomic E-state index is 0.00850. The van der Waals surface area contributed by atoms with Crippen molar-refractivity contribution >= 4 is 15.9 Å². The molecule has 0 aliphatic rings. The average Bonchev–Trinajstić information content (AvgIpc) is 2.66. The molecule has 6 nitrogen and oxygen atoms in total. The summed E-state index contributed by atoms with van der Waals surface area (Å²) in [6.45, 7) is 0.0632. The molecule has 2 rings (SSSR count). The largest absolute Gasteiger partial charge is 0.494 e. The molecule has 2 aromatic carbocycles. The molecular weight excluding hydrogens is 371 g/mol. The van der Waals surface area contributed by atoms with Crippen LogP contribution in [0.1, 0.15) is 15.9 Å². The number of terminal acetylenes is 1. The van der Waals surface area contributed by atoms with Gasteiger partial charge in [0.25, 0.3) is 5.91 Å². The first kappa shape index (κ1) is 20.4. The standard InChI is InChI=1S/C19H19FN2O4S/c1-4-11-21-27(24,25)16-8-6-15(7-9-16)19(23)22(2)13-14-5-10-18(26-3)17(20)12-14/h1,5-10,12,21H,11,13H2,2-3H3. The zero-order valence-electron chi connectivity index (χ0n) is 14.9. The third kappa shape index (κ3) is 5.06. The van der Waals surface area contributed by atoms with Crippen LogP contribution in [0.15, 0.2) is 47.4 Å². The van der Waals surface area contributed by atoms with Crippen LogP contribution in [0.2, 0.25) is 0 Å². The van der Waals surface area contributed by atoms with E-state index in [9.17, 15) is 17.6 Å². The lowest BCUT2D eigenvalue weighted by Crippen LogP contribution is -2.27. The summed E-state index contributed by atoms with van der Waals surface area (Å²) in [5, 5.41) is 0. The molecule has 2 aromatic rings. The van der Waals surface area contributed by atoms with E-state index in [1.165, 1.54) is 48.4 Å². The predicted octanol–water partition coefficient (Wildman–Crippen LogP) is 2.02. The van der Waals surface area contributed by atoms with E-state index in [2.05, 4.69) is 10.6 Å². The van der Waals surface area contributed by atoms with E-state index in [1.54, 1.807) is 13.1 Å². The van der Waals surface area contributed by atoms with Crippen molar-refractivity contribution < 1.29 is 22.3 Å². The molecule has 0 saturated carbocycles. The molecule has 0 radical (unpaired) electrons. The van der Waals surface area contributed by atoms with Gasteiger partial charge in [0.1, 0.15) is 0 Å². The number of nitrogens with one attached hydrogen (secondary N) is 1. The number of ether oxygens (including phenoxy) is 1. The predicted molar refractivity (Wildman–Crippen MR) is 99.2 cm³/mol. The Morgan fingerprint density at radius 1 is 1.26 bits per heavy atom. The number of nitrogens with zero attached hydrogens (tertiary/aromatic N) is 1. The molecule has 27 heavy (non-hydrogen) atoms. The molecule has 0 saturated heterocycles. The number of sulfonamides is 1. The first-order valence-electron chi connectivity index (χ1n) is 7.89. The van der Waals surface area contributed by atoms with Crippen LogP contribution in [0.4, 0.5) is 4.39 Å². The molecule has 0 aliphatic carbocycles. The van der Waals surface area contributed by atoms with Crippen LogP contribution in [-0.2, 0) is 16.6 Å². The normalized spacial score (nSPS) is 10.9. The van der Waals surface area contributed by atoms with Gasteiger partial charge in [-0.15, -0.1) is 6.42 Å². The van der Waals surface area contributed by atoms with Gasteiger partial charge in [-0.1, -0.05) is 12.0 Å². The van der Waals surface area contributed by atoms with Gasteiger partial charge in [0.05, 0.1) is 18.6 Å². The van der Waals surface area contributed by atoms with Gasteiger partial charge in [-0.2, -0.15) is 4.72 Å². The molecule has 0 aromatic heterocycles. The molecule has 0 spiro atoms. The number of benzene rings is 2. The number of methoxy groups -OCH3 is 1. The van der Waals surface area contributed by atoms with E-state index in [4.69, 9.17) is 11.2 Å².